The van der Waals surface area contributed by atoms with Gasteiger partial charge >= 0.3 is 0 Å². The first-order valence-corrected chi connectivity index (χ1v) is 10.9. The van der Waals surface area contributed by atoms with Crippen molar-refractivity contribution in [2.24, 2.45) is 5.10 Å². The predicted octanol–water partition coefficient (Wildman–Crippen LogP) is 4.36. The van der Waals surface area contributed by atoms with E-state index in [1.54, 1.807) is 37.1 Å². The number of benzene rings is 1. The Labute approximate surface area is 169 Å². The van der Waals surface area contributed by atoms with Gasteiger partial charge in [-0.15, -0.1) is 10.2 Å². The molecule has 0 aliphatic heterocycles. The minimum atomic E-state index is -0.199. The Morgan fingerprint density at radius 3 is 2.63 bits per heavy atom. The van der Waals surface area contributed by atoms with Crippen LogP contribution in [0.4, 0.5) is 0 Å². The van der Waals surface area contributed by atoms with E-state index in [2.05, 4.69) is 51.9 Å². The molecular weight excluding hydrogens is 400 g/mol. The zero-order valence-corrected chi connectivity index (χ0v) is 17.3. The molecule has 140 valence electrons. The fraction of sp³-hybridized carbons (Fsp3) is 0.222. The van der Waals surface area contributed by atoms with E-state index in [0.717, 1.165) is 14.4 Å². The average Bonchev–Trinajstić information content (AvgIpc) is 3.36. The van der Waals surface area contributed by atoms with Gasteiger partial charge in [0.05, 0.1) is 12.0 Å². The van der Waals surface area contributed by atoms with Crippen molar-refractivity contribution in [1.82, 2.24) is 15.6 Å². The maximum absolute atomic E-state index is 11.9. The Morgan fingerprint density at radius 2 is 1.93 bits per heavy atom. The number of carbonyl (C=O) groups is 1. The van der Waals surface area contributed by atoms with Crippen LogP contribution in [0, 0.1) is 6.92 Å². The smallest absolute Gasteiger partial charge is 0.250 e. The average molecular weight is 419 g/mol. The van der Waals surface area contributed by atoms with Gasteiger partial charge in [0.1, 0.15) is 11.5 Å². The first-order valence-electron chi connectivity index (χ1n) is 8.12. The van der Waals surface area contributed by atoms with Crippen molar-refractivity contribution in [2.75, 3.05) is 5.75 Å². The van der Waals surface area contributed by atoms with E-state index in [-0.39, 0.29) is 11.7 Å². The van der Waals surface area contributed by atoms with Crippen LogP contribution in [0.2, 0.25) is 0 Å². The number of aromatic nitrogens is 2. The second-order valence-electron chi connectivity index (χ2n) is 5.61. The van der Waals surface area contributed by atoms with Gasteiger partial charge in [0.15, 0.2) is 8.68 Å². The van der Waals surface area contributed by atoms with Gasteiger partial charge in [-0.1, -0.05) is 64.7 Å². The standard InChI is InChI=1S/C18H18N4O2S3/c1-12-5-7-14(8-6-12)10-25-17-21-22-18(27-17)26-11-16(23)20-19-13(2)15-4-3-9-24-15/h3-9H,10-11H2,1-2H3,(H,20,23)/b19-13+. The first kappa shape index (κ1) is 19.7. The molecule has 3 rings (SSSR count). The van der Waals surface area contributed by atoms with Gasteiger partial charge in [-0.25, -0.2) is 5.43 Å². The van der Waals surface area contributed by atoms with Crippen molar-refractivity contribution in [1.29, 1.82) is 0 Å². The summed E-state index contributed by atoms with van der Waals surface area (Å²) < 4.78 is 6.87. The number of hydrogen-bond donors (Lipinski definition) is 1. The second kappa shape index (κ2) is 9.72. The monoisotopic (exact) mass is 418 g/mol. The zero-order valence-electron chi connectivity index (χ0n) is 14.8. The van der Waals surface area contributed by atoms with Crippen LogP contribution in [0.25, 0.3) is 0 Å². The zero-order chi connectivity index (χ0) is 19.1. The predicted molar refractivity (Wildman–Crippen MR) is 110 cm³/mol. The Morgan fingerprint density at radius 1 is 1.19 bits per heavy atom. The van der Waals surface area contributed by atoms with E-state index >= 15 is 0 Å². The lowest BCUT2D eigenvalue weighted by Crippen LogP contribution is -2.21. The molecule has 0 aliphatic rings. The fourth-order valence-electron chi connectivity index (χ4n) is 1.99. The molecule has 6 nitrogen and oxygen atoms in total. The minimum Gasteiger partial charge on any atom is -0.463 e. The molecule has 9 heteroatoms. The largest absolute Gasteiger partial charge is 0.463 e. The van der Waals surface area contributed by atoms with Crippen LogP contribution < -0.4 is 5.43 Å². The summed E-state index contributed by atoms with van der Waals surface area (Å²) in [6, 6.07) is 12.0. The van der Waals surface area contributed by atoms with Crippen molar-refractivity contribution in [2.45, 2.75) is 28.3 Å². The SMILES string of the molecule is C/C(=N\NC(=O)CSc1nnc(SCc2ccc(C)cc2)s1)c1ccco1. The summed E-state index contributed by atoms with van der Waals surface area (Å²) in [4.78, 5) is 11.9. The number of amides is 1. The van der Waals surface area contributed by atoms with Gasteiger partial charge in [0.25, 0.3) is 5.91 Å². The molecule has 0 saturated carbocycles. The molecule has 2 aromatic heterocycles. The topological polar surface area (TPSA) is 80.4 Å². The molecular formula is C18H18N4O2S3. The highest BCUT2D eigenvalue weighted by atomic mass is 32.2. The lowest BCUT2D eigenvalue weighted by Gasteiger charge is -1.99. The van der Waals surface area contributed by atoms with Gasteiger partial charge in [0.2, 0.25) is 0 Å². The Kier molecular flexibility index (Phi) is 7.08. The quantitative estimate of drug-likeness (QED) is 0.332. The molecule has 0 fully saturated rings. The summed E-state index contributed by atoms with van der Waals surface area (Å²) in [7, 11) is 0. The van der Waals surface area contributed by atoms with E-state index in [1.807, 2.05) is 0 Å². The Hall–Kier alpha value is -2.10. The van der Waals surface area contributed by atoms with Crippen molar-refractivity contribution in [3.8, 4) is 0 Å². The second-order valence-corrected chi connectivity index (χ2v) is 9.03. The van der Waals surface area contributed by atoms with Gasteiger partial charge in [0, 0.05) is 5.75 Å². The molecule has 0 unspecified atom stereocenters. The molecule has 0 atom stereocenters. The summed E-state index contributed by atoms with van der Waals surface area (Å²) in [5.74, 6) is 1.50. The van der Waals surface area contributed by atoms with Crippen LogP contribution in [0.3, 0.4) is 0 Å². The molecule has 1 N–H and O–H groups in total. The van der Waals surface area contributed by atoms with Crippen molar-refractivity contribution in [3.63, 3.8) is 0 Å². The van der Waals surface area contributed by atoms with E-state index in [4.69, 9.17) is 4.42 Å². The van der Waals surface area contributed by atoms with Crippen molar-refractivity contribution in [3.05, 3.63) is 59.5 Å². The van der Waals surface area contributed by atoms with Crippen LogP contribution in [0.5, 0.6) is 0 Å². The summed E-state index contributed by atoms with van der Waals surface area (Å²) >= 11 is 4.49. The summed E-state index contributed by atoms with van der Waals surface area (Å²) in [5, 5.41) is 12.3. The highest BCUT2D eigenvalue weighted by Crippen LogP contribution is 2.30. The molecule has 0 aliphatic carbocycles. The minimum absolute atomic E-state index is 0.199. The molecule has 0 bridgehead atoms. The van der Waals surface area contributed by atoms with E-state index in [0.29, 0.717) is 11.5 Å². The number of thioether (sulfide) groups is 2. The number of aryl methyl sites for hydroxylation is 1. The number of furan rings is 1. The lowest BCUT2D eigenvalue weighted by atomic mass is 10.2. The summed E-state index contributed by atoms with van der Waals surface area (Å²) in [5.41, 5.74) is 5.63. The van der Waals surface area contributed by atoms with Crippen LogP contribution in [0.1, 0.15) is 23.8 Å². The van der Waals surface area contributed by atoms with Gasteiger partial charge in [-0.3, -0.25) is 4.79 Å². The number of nitrogens with one attached hydrogen (secondary N) is 1. The Bertz CT molecular complexity index is 905. The van der Waals surface area contributed by atoms with Gasteiger partial charge < -0.3 is 4.42 Å². The van der Waals surface area contributed by atoms with Crippen LogP contribution in [0.15, 0.2) is 60.9 Å². The molecule has 2 heterocycles. The van der Waals surface area contributed by atoms with Crippen LogP contribution in [-0.4, -0.2) is 27.6 Å². The van der Waals surface area contributed by atoms with E-state index < -0.39 is 0 Å². The molecule has 1 aromatic carbocycles. The summed E-state index contributed by atoms with van der Waals surface area (Å²) in [6.07, 6.45) is 1.57. The number of carbonyl (C=O) groups excluding carboxylic acids is 1. The molecule has 0 saturated heterocycles. The highest BCUT2D eigenvalue weighted by Gasteiger charge is 2.09. The number of nitrogens with zero attached hydrogens (tertiary/aromatic N) is 3. The van der Waals surface area contributed by atoms with Crippen molar-refractivity contribution < 1.29 is 9.21 Å². The molecule has 1 amide bonds. The molecule has 3 aromatic rings. The number of hydrogen-bond acceptors (Lipinski definition) is 8. The third-order valence-corrected chi connectivity index (χ3v) is 6.68. The normalized spacial score (nSPS) is 11.6. The van der Waals surface area contributed by atoms with Gasteiger partial charge in [-0.05, 0) is 31.5 Å². The maximum Gasteiger partial charge on any atom is 0.250 e. The molecule has 0 radical (unpaired) electrons. The van der Waals surface area contributed by atoms with Crippen LogP contribution in [-0.2, 0) is 10.5 Å². The van der Waals surface area contributed by atoms with E-state index in [9.17, 15) is 4.79 Å². The number of rotatable bonds is 8. The highest BCUT2D eigenvalue weighted by molar-refractivity contribution is 8.03. The van der Waals surface area contributed by atoms with Crippen LogP contribution >= 0.6 is 34.9 Å². The Balaban J connectivity index is 1.43. The third-order valence-electron chi connectivity index (χ3n) is 3.42. The third kappa shape index (κ3) is 6.23. The first-order chi connectivity index (χ1) is 13.1. The number of hydrazone groups is 1. The van der Waals surface area contributed by atoms with Gasteiger partial charge in [-0.2, -0.15) is 5.10 Å². The van der Waals surface area contributed by atoms with Crippen molar-refractivity contribution >= 4 is 46.5 Å². The lowest BCUT2D eigenvalue weighted by molar-refractivity contribution is -0.118. The molecule has 0 spiro atoms. The van der Waals surface area contributed by atoms with E-state index in [1.165, 1.54) is 34.2 Å². The molecule has 27 heavy (non-hydrogen) atoms. The fourth-order valence-corrected chi connectivity index (χ4v) is 4.76. The summed E-state index contributed by atoms with van der Waals surface area (Å²) in [6.45, 7) is 3.85. The maximum atomic E-state index is 11.9.